The first-order chi connectivity index (χ1) is 12.4. The Morgan fingerprint density at radius 3 is 2.37 bits per heavy atom. The van der Waals surface area contributed by atoms with Gasteiger partial charge in [-0.1, -0.05) is 15.9 Å². The van der Waals surface area contributed by atoms with Crippen LogP contribution < -0.4 is 0 Å². The maximum absolute atomic E-state index is 11.3. The van der Waals surface area contributed by atoms with Crippen molar-refractivity contribution in [2.24, 2.45) is 0 Å². The minimum absolute atomic E-state index is 0.150. The van der Waals surface area contributed by atoms with E-state index in [9.17, 15) is 14.2 Å². The number of benzene rings is 1. The van der Waals surface area contributed by atoms with E-state index < -0.39 is 26.7 Å². The van der Waals surface area contributed by atoms with E-state index in [4.69, 9.17) is 24.0 Å². The number of furan rings is 1. The molecule has 152 valence electrons. The second-order valence-corrected chi connectivity index (χ2v) is 11.3. The van der Waals surface area contributed by atoms with Crippen LogP contribution >= 0.6 is 31.1 Å². The van der Waals surface area contributed by atoms with Crippen LogP contribution in [0.25, 0.3) is 11.0 Å². The van der Waals surface area contributed by atoms with Crippen LogP contribution in [-0.4, -0.2) is 55.1 Å². The molecule has 9 nitrogen and oxygen atoms in total. The molecule has 0 aliphatic rings. The molecule has 0 spiro atoms. The number of aliphatic hydroxyl groups is 1. The molecule has 1 heterocycles. The number of likely N-dealkylation sites (N-methyl/N-ethyl adjacent to an activating group) is 1. The fourth-order valence-corrected chi connectivity index (χ4v) is 5.74. The van der Waals surface area contributed by atoms with Gasteiger partial charge in [0, 0.05) is 16.4 Å². The van der Waals surface area contributed by atoms with E-state index >= 15 is 0 Å². The van der Waals surface area contributed by atoms with Gasteiger partial charge >= 0.3 is 15.2 Å². The smallest absolute Gasteiger partial charge is 0.340 e. The zero-order valence-electron chi connectivity index (χ0n) is 14.5. The molecule has 0 saturated heterocycles. The summed E-state index contributed by atoms with van der Waals surface area (Å²) in [5.41, 5.74) is 0.640. The number of aliphatic hydroxyl groups excluding tert-OH is 1. The molecule has 0 aliphatic carbocycles. The molecular formula is C15H22BrNO8P2. The van der Waals surface area contributed by atoms with Gasteiger partial charge in [0.25, 0.3) is 0 Å². The molecule has 2 aromatic rings. The quantitative estimate of drug-likeness (QED) is 0.337. The predicted octanol–water partition coefficient (Wildman–Crippen LogP) is 2.62. The average molecular weight is 486 g/mol. The molecule has 0 amide bonds. The summed E-state index contributed by atoms with van der Waals surface area (Å²) >= 11 is 3.36. The van der Waals surface area contributed by atoms with E-state index in [2.05, 4.69) is 15.9 Å². The van der Waals surface area contributed by atoms with E-state index in [0.717, 1.165) is 9.86 Å². The van der Waals surface area contributed by atoms with Crippen molar-refractivity contribution < 1.29 is 38.2 Å². The second kappa shape index (κ2) is 8.86. The molecule has 2 rings (SSSR count). The molecule has 1 aromatic carbocycles. The first kappa shape index (κ1) is 22.7. The molecule has 0 fully saturated rings. The minimum atomic E-state index is -4.90. The Bertz CT molecular complexity index is 854. The van der Waals surface area contributed by atoms with E-state index in [1.54, 1.807) is 24.1 Å². The normalized spacial score (nSPS) is 14.4. The van der Waals surface area contributed by atoms with Crippen LogP contribution in [-0.2, 0) is 9.13 Å². The van der Waals surface area contributed by atoms with Gasteiger partial charge in [-0.2, -0.15) is 0 Å². The summed E-state index contributed by atoms with van der Waals surface area (Å²) in [4.78, 5) is 38.1. The third-order valence-corrected chi connectivity index (χ3v) is 8.46. The van der Waals surface area contributed by atoms with Gasteiger partial charge in [-0.25, -0.2) is 0 Å². The van der Waals surface area contributed by atoms with Gasteiger partial charge in [0.2, 0.25) is 0 Å². The highest BCUT2D eigenvalue weighted by molar-refractivity contribution is 9.10. The van der Waals surface area contributed by atoms with Gasteiger partial charge in [-0.05, 0) is 50.7 Å². The lowest BCUT2D eigenvalue weighted by molar-refractivity contribution is 0.107. The topological polar surface area (TPSA) is 152 Å². The molecule has 0 bridgehead atoms. The van der Waals surface area contributed by atoms with Crippen LogP contribution in [0.3, 0.4) is 0 Å². The van der Waals surface area contributed by atoms with Crippen LogP contribution in [0.15, 0.2) is 33.2 Å². The highest BCUT2D eigenvalue weighted by Gasteiger charge is 2.42. The molecule has 27 heavy (non-hydrogen) atoms. The van der Waals surface area contributed by atoms with Crippen LogP contribution in [0.4, 0.5) is 0 Å². The lowest BCUT2D eigenvalue weighted by Gasteiger charge is -2.22. The molecule has 1 aromatic heterocycles. The summed E-state index contributed by atoms with van der Waals surface area (Å²) in [7, 11) is -8.12. The molecule has 1 atom stereocenters. The van der Waals surface area contributed by atoms with Crippen molar-refractivity contribution in [3.8, 4) is 0 Å². The molecular weight excluding hydrogens is 464 g/mol. The molecule has 5 N–H and O–H groups in total. The van der Waals surface area contributed by atoms with Crippen molar-refractivity contribution in [3.63, 3.8) is 0 Å². The lowest BCUT2D eigenvalue weighted by atomic mass is 10.2. The highest BCUT2D eigenvalue weighted by Crippen LogP contribution is 2.61. The zero-order chi connectivity index (χ0) is 20.4. The molecule has 12 heteroatoms. The second-order valence-electron chi connectivity index (χ2n) is 6.41. The van der Waals surface area contributed by atoms with Gasteiger partial charge < -0.3 is 34.0 Å². The van der Waals surface area contributed by atoms with E-state index in [1.807, 2.05) is 12.1 Å². The number of hydrogen-bond donors (Lipinski definition) is 5. The molecule has 0 radical (unpaired) electrons. The summed E-state index contributed by atoms with van der Waals surface area (Å²) in [6.45, 7) is 0.483. The van der Waals surface area contributed by atoms with Crippen LogP contribution in [0.5, 0.6) is 0 Å². The van der Waals surface area contributed by atoms with Crippen LogP contribution in [0, 0.1) is 0 Å². The molecule has 1 unspecified atom stereocenters. The number of fused-ring (bicyclic) bond motifs is 1. The molecule has 0 aliphatic heterocycles. The monoisotopic (exact) mass is 485 g/mol. The number of hydrogen-bond acceptors (Lipinski definition) is 5. The fraction of sp³-hybridized carbons (Fsp3) is 0.467. The Labute approximate surface area is 164 Å². The Hall–Kier alpha value is -0.540. The van der Waals surface area contributed by atoms with Gasteiger partial charge in [0.15, 0.2) is 5.40 Å². The van der Waals surface area contributed by atoms with E-state index in [1.165, 1.54) is 0 Å². The Morgan fingerprint density at radius 1 is 1.15 bits per heavy atom. The summed E-state index contributed by atoms with van der Waals surface area (Å²) in [5.74, 6) is 0.387. The number of nitrogens with zero attached hydrogens (tertiary/aromatic N) is 1. The standard InChI is InChI=1S/C15H22BrNO8P2/c1-17(6-2-3-15(26(19,20)21)27(22,23)24)9-12(18)14-8-10-7-11(16)4-5-13(10)25-14/h4-5,7-8,12,15,18H,2-3,6,9H2,1H3,(H2,19,20,21)(H2,22,23,24). The van der Waals surface area contributed by atoms with Gasteiger partial charge in [-0.3, -0.25) is 9.13 Å². The average Bonchev–Trinajstić information content (AvgIpc) is 2.92. The summed E-state index contributed by atoms with van der Waals surface area (Å²) in [5, 5.41) is 9.17. The molecule has 0 saturated carbocycles. The van der Waals surface area contributed by atoms with Gasteiger partial charge in [0.1, 0.15) is 17.4 Å². The Morgan fingerprint density at radius 2 is 1.78 bits per heavy atom. The summed E-state index contributed by atoms with van der Waals surface area (Å²) in [6, 6.07) is 7.20. The Kier molecular flexibility index (Phi) is 7.47. The fourth-order valence-electron chi connectivity index (χ4n) is 2.75. The first-order valence-corrected chi connectivity index (χ1v) is 12.2. The summed E-state index contributed by atoms with van der Waals surface area (Å²) < 4.78 is 29.0. The zero-order valence-corrected chi connectivity index (χ0v) is 17.8. The SMILES string of the molecule is CN(CCCC(P(=O)(O)O)P(=O)(O)O)CC(O)c1cc2cc(Br)ccc2o1. The summed E-state index contributed by atoms with van der Waals surface area (Å²) in [6.07, 6.45) is -1.09. The van der Waals surface area contributed by atoms with Crippen molar-refractivity contribution in [3.05, 3.63) is 34.5 Å². The van der Waals surface area contributed by atoms with Gasteiger partial charge in [-0.15, -0.1) is 0 Å². The first-order valence-electron chi connectivity index (χ1n) is 8.04. The maximum Gasteiger partial charge on any atom is 0.340 e. The number of rotatable bonds is 9. The minimum Gasteiger partial charge on any atom is -0.458 e. The predicted molar refractivity (Wildman–Crippen MR) is 103 cm³/mol. The largest absolute Gasteiger partial charge is 0.458 e. The van der Waals surface area contributed by atoms with E-state index in [-0.39, 0.29) is 19.4 Å². The Balaban J connectivity index is 1.91. The van der Waals surface area contributed by atoms with Crippen molar-refractivity contribution in [2.75, 3.05) is 20.1 Å². The van der Waals surface area contributed by atoms with Crippen molar-refractivity contribution in [1.29, 1.82) is 0 Å². The van der Waals surface area contributed by atoms with Crippen LogP contribution in [0.2, 0.25) is 0 Å². The maximum atomic E-state index is 11.3. The highest BCUT2D eigenvalue weighted by atomic mass is 79.9. The van der Waals surface area contributed by atoms with E-state index in [0.29, 0.717) is 17.9 Å². The third kappa shape index (κ3) is 6.49. The van der Waals surface area contributed by atoms with Crippen molar-refractivity contribution in [1.82, 2.24) is 4.90 Å². The third-order valence-electron chi connectivity index (χ3n) is 4.09. The van der Waals surface area contributed by atoms with Gasteiger partial charge in [0.05, 0.1) is 0 Å². The lowest BCUT2D eigenvalue weighted by Crippen LogP contribution is -2.26. The number of halogens is 1. The van der Waals surface area contributed by atoms with Crippen LogP contribution in [0.1, 0.15) is 24.7 Å². The van der Waals surface area contributed by atoms with Crippen molar-refractivity contribution >= 4 is 42.1 Å². The van der Waals surface area contributed by atoms with Crippen molar-refractivity contribution in [2.45, 2.75) is 24.3 Å².